The molecule has 2 fully saturated rings. The first-order valence-electron chi connectivity index (χ1n) is 30.0. The van der Waals surface area contributed by atoms with Crippen LogP contribution in [0.5, 0.6) is 17.2 Å². The number of oxime groups is 2. The van der Waals surface area contributed by atoms with Crippen molar-refractivity contribution in [2.75, 3.05) is 129 Å². The van der Waals surface area contributed by atoms with E-state index >= 15 is 0 Å². The van der Waals surface area contributed by atoms with Crippen molar-refractivity contribution in [1.29, 1.82) is 0 Å². The number of nitrogens with zero attached hydrogens (tertiary/aromatic N) is 8. The van der Waals surface area contributed by atoms with Gasteiger partial charge in [0.2, 0.25) is 0 Å². The van der Waals surface area contributed by atoms with Gasteiger partial charge in [-0.25, -0.2) is 4.39 Å². The van der Waals surface area contributed by atoms with Crippen LogP contribution in [0.3, 0.4) is 0 Å². The highest BCUT2D eigenvalue weighted by Crippen LogP contribution is 2.35. The van der Waals surface area contributed by atoms with E-state index in [9.17, 15) is 4.39 Å². The molecule has 6 aromatic carbocycles. The summed E-state index contributed by atoms with van der Waals surface area (Å²) in [4.78, 5) is 26.5. The van der Waals surface area contributed by atoms with Crippen molar-refractivity contribution in [2.24, 2.45) is 10.3 Å². The molecule has 0 saturated carbocycles. The van der Waals surface area contributed by atoms with Gasteiger partial charge in [0.1, 0.15) is 35.3 Å². The Bertz CT molecular complexity index is 3180. The molecule has 2 unspecified atom stereocenters. The Labute approximate surface area is 490 Å². The van der Waals surface area contributed by atoms with Gasteiger partial charge < -0.3 is 54.1 Å². The summed E-state index contributed by atoms with van der Waals surface area (Å²) in [5, 5.41) is 16.0. The summed E-state index contributed by atoms with van der Waals surface area (Å²) in [5.41, 5.74) is 13.9. The molecule has 6 heterocycles. The molecule has 6 aliphatic heterocycles. The van der Waals surface area contributed by atoms with Gasteiger partial charge in [-0.15, -0.1) is 0 Å². The summed E-state index contributed by atoms with van der Waals surface area (Å²) in [5.74, 6) is 2.64. The molecule has 15 nitrogen and oxygen atoms in total. The van der Waals surface area contributed by atoms with Crippen LogP contribution < -0.4 is 44.4 Å². The number of nitrogens with one attached hydrogen (secondary N) is 2. The summed E-state index contributed by atoms with van der Waals surface area (Å²) < 4.78 is 31.5. The zero-order valence-corrected chi connectivity index (χ0v) is 49.2. The van der Waals surface area contributed by atoms with Crippen LogP contribution in [0.25, 0.3) is 0 Å². The molecule has 0 bridgehead atoms. The second kappa shape index (κ2) is 27.1. The number of hydrogen-bond acceptors (Lipinski definition) is 15. The minimum atomic E-state index is -0.181. The Morgan fingerprint density at radius 2 is 1.02 bits per heavy atom. The second-order valence-corrected chi connectivity index (χ2v) is 23.2. The number of anilines is 6. The van der Waals surface area contributed by atoms with Gasteiger partial charge in [0.15, 0.2) is 0 Å². The molecule has 0 amide bonds. The summed E-state index contributed by atoms with van der Waals surface area (Å²) in [6, 6.07) is 45.0. The van der Waals surface area contributed by atoms with Crippen molar-refractivity contribution in [3.8, 4) is 17.2 Å². The maximum absolute atomic E-state index is 14.0. The molecule has 16 heteroatoms. The van der Waals surface area contributed by atoms with Crippen LogP contribution in [0.2, 0.25) is 0 Å². The van der Waals surface area contributed by atoms with Crippen LogP contribution in [0.1, 0.15) is 62.8 Å². The van der Waals surface area contributed by atoms with Crippen molar-refractivity contribution in [1.82, 2.24) is 9.80 Å². The largest absolute Gasteiger partial charge is 0.497 e. The molecular formula is C67H83FN10O5. The molecule has 2 atom stereocenters. The van der Waals surface area contributed by atoms with Gasteiger partial charge in [0.05, 0.1) is 55.2 Å². The topological polar surface area (TPSA) is 114 Å². The quantitative estimate of drug-likeness (QED) is 0.0714. The average Bonchev–Trinajstić information content (AvgIpc) is 4.49. The molecular weight excluding hydrogens is 1040 g/mol. The highest BCUT2D eigenvalue weighted by molar-refractivity contribution is 5.91. The SMILES string of the molecule is CC(C)Oc1ccccc1N1CCN(CC2CC(CN3CCc4ccc(NCc5ccccc5F)cc43)=NO2)CC1.COc1cccc(CNc2ccc3c(c2)N(CC2=NOC(CN4CCN(c5ccccc5OC(C)C)CC4)C2)CC3)c1. The lowest BCUT2D eigenvalue weighted by Gasteiger charge is -2.37. The normalized spacial score (nSPS) is 18.7. The average molecular weight is 1130 g/mol. The van der Waals surface area contributed by atoms with Crippen LogP contribution in [-0.4, -0.2) is 144 Å². The van der Waals surface area contributed by atoms with Gasteiger partial charge in [0.25, 0.3) is 0 Å². The van der Waals surface area contributed by atoms with Gasteiger partial charge in [-0.3, -0.25) is 9.80 Å². The Balaban J connectivity index is 0.000000174. The first kappa shape index (κ1) is 57.1. The molecule has 0 aliphatic carbocycles. The maximum atomic E-state index is 14.0. The van der Waals surface area contributed by atoms with Crippen molar-refractivity contribution in [3.63, 3.8) is 0 Å². The summed E-state index contributed by atoms with van der Waals surface area (Å²) in [6.07, 6.45) is 4.40. The van der Waals surface area contributed by atoms with Gasteiger partial charge >= 0.3 is 0 Å². The molecule has 2 N–H and O–H groups in total. The molecule has 0 radical (unpaired) electrons. The first-order chi connectivity index (χ1) is 40.5. The minimum Gasteiger partial charge on any atom is -0.497 e. The van der Waals surface area contributed by atoms with E-state index in [1.54, 1.807) is 13.2 Å². The number of para-hydroxylation sites is 4. The fraction of sp³-hybridized carbons (Fsp3) is 0.433. The van der Waals surface area contributed by atoms with E-state index in [0.29, 0.717) is 12.1 Å². The number of piperazine rings is 2. The second-order valence-electron chi connectivity index (χ2n) is 23.2. The van der Waals surface area contributed by atoms with Crippen molar-refractivity contribution >= 4 is 45.5 Å². The number of fused-ring (bicyclic) bond motifs is 2. The van der Waals surface area contributed by atoms with Crippen LogP contribution in [-0.2, 0) is 35.6 Å². The lowest BCUT2D eigenvalue weighted by atomic mass is 10.1. The van der Waals surface area contributed by atoms with E-state index < -0.39 is 0 Å². The Morgan fingerprint density at radius 3 is 1.53 bits per heavy atom. The fourth-order valence-corrected chi connectivity index (χ4v) is 12.1. The van der Waals surface area contributed by atoms with Gasteiger partial charge in [-0.2, -0.15) is 0 Å². The third-order valence-corrected chi connectivity index (χ3v) is 16.4. The van der Waals surface area contributed by atoms with E-state index in [2.05, 4.69) is 163 Å². The van der Waals surface area contributed by atoms with Gasteiger partial charge in [-0.1, -0.05) is 77.0 Å². The first-order valence-corrected chi connectivity index (χ1v) is 30.0. The predicted molar refractivity (Wildman–Crippen MR) is 334 cm³/mol. The van der Waals surface area contributed by atoms with Crippen molar-refractivity contribution in [3.05, 3.63) is 162 Å². The predicted octanol–water partition coefficient (Wildman–Crippen LogP) is 11.0. The van der Waals surface area contributed by atoms with E-state index in [-0.39, 0.29) is 30.2 Å². The maximum Gasteiger partial charge on any atom is 0.145 e. The van der Waals surface area contributed by atoms with Gasteiger partial charge in [0, 0.05) is 133 Å². The summed E-state index contributed by atoms with van der Waals surface area (Å²) in [6.45, 7) is 22.8. The molecule has 0 spiro atoms. The lowest BCUT2D eigenvalue weighted by Crippen LogP contribution is -2.48. The molecule has 438 valence electrons. The third kappa shape index (κ3) is 14.9. The summed E-state index contributed by atoms with van der Waals surface area (Å²) >= 11 is 0. The van der Waals surface area contributed by atoms with Crippen molar-refractivity contribution < 1.29 is 28.3 Å². The number of rotatable bonds is 21. The summed E-state index contributed by atoms with van der Waals surface area (Å²) in [7, 11) is 1.70. The fourth-order valence-electron chi connectivity index (χ4n) is 12.1. The molecule has 83 heavy (non-hydrogen) atoms. The van der Waals surface area contributed by atoms with Crippen LogP contribution >= 0.6 is 0 Å². The van der Waals surface area contributed by atoms with Crippen molar-refractivity contribution in [2.45, 2.75) is 90.9 Å². The molecule has 2 saturated heterocycles. The van der Waals surface area contributed by atoms with Crippen LogP contribution in [0, 0.1) is 5.82 Å². The molecule has 6 aliphatic rings. The van der Waals surface area contributed by atoms with E-state index in [1.165, 1.54) is 45.5 Å². The third-order valence-electron chi connectivity index (χ3n) is 16.4. The number of ether oxygens (including phenoxy) is 3. The van der Waals surface area contributed by atoms with E-state index in [1.807, 2.05) is 36.4 Å². The van der Waals surface area contributed by atoms with Gasteiger partial charge in [-0.05, 0) is 124 Å². The lowest BCUT2D eigenvalue weighted by molar-refractivity contribution is 0.0509. The standard InChI is InChI=1S/C34H43N5O3.C33H40FN5O2/c1-25(2)41-34-10-5-4-9-32(34)38-17-15-37(16-18-38)24-31-20-29(36-42-31)23-39-14-13-27-11-12-28(21-33(27)39)35-22-26-7-6-8-30(19-26)40-3;1-24(2)40-33-10-6-5-9-31(33)38-17-15-37(16-18-38)23-29-19-28(36-41-29)22-39-14-13-25-11-12-27(20-32(25)39)35-21-26-7-3-4-8-30(26)34/h4-12,19,21,25,31,35H,13-18,20,22-24H2,1-3H3;3-12,20,24,29,35H,13-19,21-23H2,1-2H3. The zero-order valence-electron chi connectivity index (χ0n) is 49.2. The van der Waals surface area contributed by atoms with Crippen LogP contribution in [0.15, 0.2) is 144 Å². The zero-order chi connectivity index (χ0) is 57.1. The molecule has 6 aromatic rings. The monoisotopic (exact) mass is 1130 g/mol. The number of methoxy groups -OCH3 is 1. The minimum absolute atomic E-state index is 0.101. The van der Waals surface area contributed by atoms with E-state index in [0.717, 1.165) is 164 Å². The smallest absolute Gasteiger partial charge is 0.145 e. The van der Waals surface area contributed by atoms with Crippen LogP contribution in [0.4, 0.5) is 38.5 Å². The highest BCUT2D eigenvalue weighted by Gasteiger charge is 2.32. The number of benzene rings is 6. The highest BCUT2D eigenvalue weighted by atomic mass is 19.1. The number of hydrogen-bond donors (Lipinski definition) is 2. The van der Waals surface area contributed by atoms with E-state index in [4.69, 9.17) is 23.9 Å². The Morgan fingerprint density at radius 1 is 0.530 bits per heavy atom. The number of halogens is 1. The Kier molecular flexibility index (Phi) is 18.7. The Hall–Kier alpha value is -7.69. The molecule has 12 rings (SSSR count). The molecule has 0 aromatic heterocycles.